The average molecular weight is 223 g/mol. The first-order chi connectivity index (χ1) is 7.65. The van der Waals surface area contributed by atoms with Gasteiger partial charge < -0.3 is 10.3 Å². The van der Waals surface area contributed by atoms with Crippen molar-refractivity contribution in [1.29, 1.82) is 0 Å². The fourth-order valence-corrected chi connectivity index (χ4v) is 1.68. The summed E-state index contributed by atoms with van der Waals surface area (Å²) >= 11 is 0. The van der Waals surface area contributed by atoms with E-state index in [0.717, 1.165) is 25.8 Å². The molecule has 90 valence electrons. The normalized spacial score (nSPS) is 12.7. The molecule has 1 unspecified atom stereocenters. The van der Waals surface area contributed by atoms with E-state index < -0.39 is 0 Å². The summed E-state index contributed by atoms with van der Waals surface area (Å²) in [7, 11) is 0. The summed E-state index contributed by atoms with van der Waals surface area (Å²) in [4.78, 5) is 16.0. The number of aromatic nitrogens is 2. The van der Waals surface area contributed by atoms with E-state index in [0.29, 0.717) is 12.2 Å². The van der Waals surface area contributed by atoms with Crippen LogP contribution in [0, 0.1) is 0 Å². The molecule has 1 aromatic rings. The van der Waals surface area contributed by atoms with Crippen LogP contribution in [-0.2, 0) is 6.54 Å². The number of carbonyl (C=O) groups excluding carboxylic acids is 1. The number of imidazole rings is 1. The number of nitrogens with zero attached hydrogens (tertiary/aromatic N) is 2. The van der Waals surface area contributed by atoms with Crippen molar-refractivity contribution in [2.75, 3.05) is 0 Å². The molecule has 0 spiro atoms. The van der Waals surface area contributed by atoms with E-state index in [9.17, 15) is 4.79 Å². The highest BCUT2D eigenvalue weighted by Gasteiger charge is 2.11. The first kappa shape index (κ1) is 12.9. The standard InChI is InChI=1S/C12H21N3O/c1-3-8-15-9-7-14-12(15)11(16)6-4-5-10(2)13/h7,9-10H,3-6,8,13H2,1-2H3. The van der Waals surface area contributed by atoms with Gasteiger partial charge >= 0.3 is 0 Å². The monoisotopic (exact) mass is 223 g/mol. The number of Topliss-reactive ketones (excluding diaryl/α,β-unsaturated/α-hetero) is 1. The van der Waals surface area contributed by atoms with Crippen LogP contribution in [0.1, 0.15) is 50.1 Å². The zero-order valence-corrected chi connectivity index (χ0v) is 10.1. The Morgan fingerprint density at radius 3 is 3.00 bits per heavy atom. The quantitative estimate of drug-likeness (QED) is 0.719. The lowest BCUT2D eigenvalue weighted by Gasteiger charge is -2.06. The van der Waals surface area contributed by atoms with Crippen LogP contribution in [0.15, 0.2) is 12.4 Å². The minimum atomic E-state index is 0.124. The maximum absolute atomic E-state index is 11.9. The van der Waals surface area contributed by atoms with E-state index in [-0.39, 0.29) is 11.8 Å². The largest absolute Gasteiger partial charge is 0.329 e. The van der Waals surface area contributed by atoms with E-state index in [2.05, 4.69) is 11.9 Å². The number of hydrogen-bond donors (Lipinski definition) is 1. The number of hydrogen-bond acceptors (Lipinski definition) is 3. The van der Waals surface area contributed by atoms with E-state index in [4.69, 9.17) is 5.73 Å². The number of ketones is 1. The highest BCUT2D eigenvalue weighted by Crippen LogP contribution is 2.07. The van der Waals surface area contributed by atoms with Gasteiger partial charge in [0.05, 0.1) is 0 Å². The molecule has 1 heterocycles. The van der Waals surface area contributed by atoms with Crippen LogP contribution in [-0.4, -0.2) is 21.4 Å². The lowest BCUT2D eigenvalue weighted by Crippen LogP contribution is -2.16. The summed E-state index contributed by atoms with van der Waals surface area (Å²) in [5, 5.41) is 0. The summed E-state index contributed by atoms with van der Waals surface area (Å²) in [6.07, 6.45) is 6.84. The smallest absolute Gasteiger partial charge is 0.198 e. The van der Waals surface area contributed by atoms with Gasteiger partial charge in [0.15, 0.2) is 11.6 Å². The second-order valence-electron chi connectivity index (χ2n) is 4.24. The van der Waals surface area contributed by atoms with Gasteiger partial charge in [-0.25, -0.2) is 4.98 Å². The van der Waals surface area contributed by atoms with E-state index in [1.807, 2.05) is 17.7 Å². The van der Waals surface area contributed by atoms with E-state index >= 15 is 0 Å². The Balaban J connectivity index is 2.49. The number of rotatable bonds is 7. The summed E-state index contributed by atoms with van der Waals surface area (Å²) in [6, 6.07) is 0.170. The first-order valence-electron chi connectivity index (χ1n) is 5.95. The SMILES string of the molecule is CCCn1ccnc1C(=O)CCCC(C)N. The maximum atomic E-state index is 11.9. The second kappa shape index (κ2) is 6.43. The third-order valence-corrected chi connectivity index (χ3v) is 2.49. The van der Waals surface area contributed by atoms with Crippen LogP contribution in [0.3, 0.4) is 0 Å². The molecular formula is C12H21N3O. The minimum Gasteiger partial charge on any atom is -0.329 e. The molecule has 0 aromatic carbocycles. The molecule has 0 aliphatic rings. The van der Waals surface area contributed by atoms with Gasteiger partial charge in [0.1, 0.15) is 0 Å². The molecule has 16 heavy (non-hydrogen) atoms. The lowest BCUT2D eigenvalue weighted by molar-refractivity contribution is 0.0964. The molecule has 0 aliphatic heterocycles. The molecule has 2 N–H and O–H groups in total. The number of nitrogens with two attached hydrogens (primary N) is 1. The Morgan fingerprint density at radius 1 is 1.62 bits per heavy atom. The molecule has 0 bridgehead atoms. The van der Waals surface area contributed by atoms with E-state index in [1.54, 1.807) is 6.20 Å². The van der Waals surface area contributed by atoms with Crippen molar-refractivity contribution in [3.8, 4) is 0 Å². The number of aryl methyl sites for hydroxylation is 1. The molecule has 1 atom stereocenters. The maximum Gasteiger partial charge on any atom is 0.198 e. The Kier molecular flexibility index (Phi) is 5.19. The Bertz CT molecular complexity index is 331. The third kappa shape index (κ3) is 3.77. The van der Waals surface area contributed by atoms with Crippen LogP contribution < -0.4 is 5.73 Å². The lowest BCUT2D eigenvalue weighted by atomic mass is 10.1. The van der Waals surface area contributed by atoms with Gasteiger partial charge in [0, 0.05) is 31.4 Å². The molecule has 0 fully saturated rings. The topological polar surface area (TPSA) is 60.9 Å². The first-order valence-corrected chi connectivity index (χ1v) is 5.95. The minimum absolute atomic E-state index is 0.124. The van der Waals surface area contributed by atoms with Crippen LogP contribution in [0.4, 0.5) is 0 Å². The molecule has 0 saturated carbocycles. The van der Waals surface area contributed by atoms with Gasteiger partial charge in [0.2, 0.25) is 0 Å². The fraction of sp³-hybridized carbons (Fsp3) is 0.667. The zero-order chi connectivity index (χ0) is 12.0. The molecule has 1 aromatic heterocycles. The van der Waals surface area contributed by atoms with E-state index in [1.165, 1.54) is 0 Å². The Labute approximate surface area is 96.9 Å². The highest BCUT2D eigenvalue weighted by atomic mass is 16.1. The van der Waals surface area contributed by atoms with Gasteiger partial charge in [-0.2, -0.15) is 0 Å². The van der Waals surface area contributed by atoms with Crippen molar-refractivity contribution < 1.29 is 4.79 Å². The van der Waals surface area contributed by atoms with Crippen molar-refractivity contribution in [3.63, 3.8) is 0 Å². The predicted molar refractivity (Wildman–Crippen MR) is 64.3 cm³/mol. The summed E-state index contributed by atoms with van der Waals surface area (Å²) in [5.74, 6) is 0.714. The summed E-state index contributed by atoms with van der Waals surface area (Å²) in [6.45, 7) is 4.90. The molecule has 4 nitrogen and oxygen atoms in total. The van der Waals surface area contributed by atoms with Crippen molar-refractivity contribution in [3.05, 3.63) is 18.2 Å². The van der Waals surface area contributed by atoms with Gasteiger partial charge in [-0.05, 0) is 26.2 Å². The molecule has 0 amide bonds. The van der Waals surface area contributed by atoms with Crippen LogP contribution in [0.5, 0.6) is 0 Å². The van der Waals surface area contributed by atoms with Gasteiger partial charge in [-0.15, -0.1) is 0 Å². The summed E-state index contributed by atoms with van der Waals surface area (Å²) in [5.41, 5.74) is 5.64. The number of carbonyl (C=O) groups is 1. The Morgan fingerprint density at radius 2 is 2.38 bits per heavy atom. The van der Waals surface area contributed by atoms with Crippen molar-refractivity contribution in [1.82, 2.24) is 9.55 Å². The van der Waals surface area contributed by atoms with Gasteiger partial charge in [-0.1, -0.05) is 6.92 Å². The van der Waals surface area contributed by atoms with Crippen molar-refractivity contribution in [2.24, 2.45) is 5.73 Å². The van der Waals surface area contributed by atoms with Crippen LogP contribution in [0.2, 0.25) is 0 Å². The zero-order valence-electron chi connectivity index (χ0n) is 10.1. The van der Waals surface area contributed by atoms with Crippen molar-refractivity contribution in [2.45, 2.75) is 52.1 Å². The molecular weight excluding hydrogens is 202 g/mol. The third-order valence-electron chi connectivity index (χ3n) is 2.49. The van der Waals surface area contributed by atoms with Gasteiger partial charge in [-0.3, -0.25) is 4.79 Å². The molecule has 1 rings (SSSR count). The summed E-state index contributed by atoms with van der Waals surface area (Å²) < 4.78 is 1.92. The van der Waals surface area contributed by atoms with Crippen LogP contribution >= 0.6 is 0 Å². The molecule has 0 aliphatic carbocycles. The van der Waals surface area contributed by atoms with Crippen LogP contribution in [0.25, 0.3) is 0 Å². The highest BCUT2D eigenvalue weighted by molar-refractivity contribution is 5.92. The molecule has 4 heteroatoms. The fourth-order valence-electron chi connectivity index (χ4n) is 1.68. The van der Waals surface area contributed by atoms with Crippen molar-refractivity contribution >= 4 is 5.78 Å². The molecule has 0 saturated heterocycles. The second-order valence-corrected chi connectivity index (χ2v) is 4.24. The average Bonchev–Trinajstić information content (AvgIpc) is 2.66. The Hall–Kier alpha value is -1.16. The molecule has 0 radical (unpaired) electrons. The van der Waals surface area contributed by atoms with Gasteiger partial charge in [0.25, 0.3) is 0 Å². The predicted octanol–water partition coefficient (Wildman–Crippen LogP) is 1.99.